The fraction of sp³-hybridized carbons (Fsp3) is 0.308. The number of allylic oxidation sites excluding steroid dienone is 1. The molecule has 0 unspecified atom stereocenters. The van der Waals surface area contributed by atoms with E-state index in [0.717, 1.165) is 11.1 Å². The van der Waals surface area contributed by atoms with Crippen molar-refractivity contribution >= 4 is 6.08 Å². The largest absolute Gasteiger partial charge is 0.346 e. The highest BCUT2D eigenvalue weighted by Gasteiger charge is 2.19. The second-order valence-corrected chi connectivity index (χ2v) is 3.47. The van der Waals surface area contributed by atoms with Crippen LogP contribution in [-0.4, -0.2) is 13.2 Å². The van der Waals surface area contributed by atoms with Crippen molar-refractivity contribution in [3.63, 3.8) is 0 Å². The number of nitrogens with zero attached hydrogens (tertiary/aromatic N) is 1. The summed E-state index contributed by atoms with van der Waals surface area (Å²) in [5.74, 6) is 0. The van der Waals surface area contributed by atoms with E-state index in [1.807, 2.05) is 36.4 Å². The monoisotopic (exact) mass is 215 g/mol. The van der Waals surface area contributed by atoms with Crippen LogP contribution >= 0.6 is 0 Å². The van der Waals surface area contributed by atoms with E-state index in [-0.39, 0.29) is 6.29 Å². The fourth-order valence-electron chi connectivity index (χ4n) is 1.65. The van der Waals surface area contributed by atoms with E-state index >= 15 is 0 Å². The van der Waals surface area contributed by atoms with Gasteiger partial charge in [0, 0.05) is 5.56 Å². The Balaban J connectivity index is 2.20. The molecule has 16 heavy (non-hydrogen) atoms. The van der Waals surface area contributed by atoms with Gasteiger partial charge in [-0.05, 0) is 5.56 Å². The Labute approximate surface area is 94.9 Å². The van der Waals surface area contributed by atoms with Crippen LogP contribution in [-0.2, 0) is 9.47 Å². The molecule has 0 bridgehead atoms. The molecule has 1 aliphatic heterocycles. The molecule has 3 heteroatoms. The van der Waals surface area contributed by atoms with Crippen LogP contribution in [0.15, 0.2) is 30.3 Å². The van der Waals surface area contributed by atoms with E-state index in [1.165, 1.54) is 0 Å². The molecule has 82 valence electrons. The number of ether oxygens (including phenoxy) is 2. The average molecular weight is 215 g/mol. The summed E-state index contributed by atoms with van der Waals surface area (Å²) < 4.78 is 10.9. The molecule has 2 rings (SSSR count). The van der Waals surface area contributed by atoms with Crippen molar-refractivity contribution in [2.45, 2.75) is 12.7 Å². The maximum atomic E-state index is 8.47. The minimum Gasteiger partial charge on any atom is -0.346 e. The Morgan fingerprint density at radius 2 is 2.06 bits per heavy atom. The lowest BCUT2D eigenvalue weighted by Crippen LogP contribution is -2.00. The van der Waals surface area contributed by atoms with Crippen molar-refractivity contribution in [1.82, 2.24) is 0 Å². The first-order chi connectivity index (χ1) is 7.92. The third-order valence-corrected chi connectivity index (χ3v) is 2.38. The summed E-state index contributed by atoms with van der Waals surface area (Å²) in [5.41, 5.74) is 2.07. The van der Waals surface area contributed by atoms with Crippen molar-refractivity contribution in [1.29, 1.82) is 5.26 Å². The van der Waals surface area contributed by atoms with Gasteiger partial charge in [-0.15, -0.1) is 0 Å². The maximum absolute atomic E-state index is 8.47. The topological polar surface area (TPSA) is 42.2 Å². The van der Waals surface area contributed by atoms with Crippen molar-refractivity contribution in [3.8, 4) is 6.07 Å². The lowest BCUT2D eigenvalue weighted by atomic mass is 10.1. The molecule has 0 spiro atoms. The van der Waals surface area contributed by atoms with Gasteiger partial charge < -0.3 is 9.47 Å². The summed E-state index contributed by atoms with van der Waals surface area (Å²) in [6, 6.07) is 9.98. The standard InChI is InChI=1S/C13H13NO2/c14-8-4-3-6-11-5-1-2-7-12(11)13-15-9-10-16-13/h1-3,5-7,13H,4,9-10H2. The average Bonchev–Trinajstić information content (AvgIpc) is 2.83. The molecule has 1 fully saturated rings. The minimum atomic E-state index is -0.261. The van der Waals surface area contributed by atoms with Crippen molar-refractivity contribution in [2.24, 2.45) is 0 Å². The van der Waals surface area contributed by atoms with Crippen LogP contribution in [0.1, 0.15) is 23.8 Å². The van der Waals surface area contributed by atoms with Crippen molar-refractivity contribution < 1.29 is 9.47 Å². The molecule has 3 nitrogen and oxygen atoms in total. The SMILES string of the molecule is N#CCC=Cc1ccccc1C1OCCO1. The van der Waals surface area contributed by atoms with Crippen molar-refractivity contribution in [3.05, 3.63) is 41.5 Å². The molecule has 1 saturated heterocycles. The molecule has 0 radical (unpaired) electrons. The van der Waals surface area contributed by atoms with Gasteiger partial charge in [-0.1, -0.05) is 36.4 Å². The van der Waals surface area contributed by atoms with Crippen LogP contribution < -0.4 is 0 Å². The van der Waals surface area contributed by atoms with Gasteiger partial charge in [-0.25, -0.2) is 0 Å². The molecule has 0 N–H and O–H groups in total. The lowest BCUT2D eigenvalue weighted by molar-refractivity contribution is -0.0442. The zero-order valence-electron chi connectivity index (χ0n) is 8.93. The normalized spacial score (nSPS) is 16.7. The summed E-state index contributed by atoms with van der Waals surface area (Å²) in [7, 11) is 0. The smallest absolute Gasteiger partial charge is 0.184 e. The molecule has 1 heterocycles. The molecule has 1 aromatic rings. The number of benzene rings is 1. The number of hydrogen-bond donors (Lipinski definition) is 0. The third-order valence-electron chi connectivity index (χ3n) is 2.38. The quantitative estimate of drug-likeness (QED) is 0.778. The molecular weight excluding hydrogens is 202 g/mol. The van der Waals surface area contributed by atoms with Crippen LogP contribution in [0.5, 0.6) is 0 Å². The third kappa shape index (κ3) is 2.48. The Morgan fingerprint density at radius 1 is 1.31 bits per heavy atom. The predicted molar refractivity (Wildman–Crippen MR) is 60.4 cm³/mol. The van der Waals surface area contributed by atoms with Crippen molar-refractivity contribution in [2.75, 3.05) is 13.2 Å². The molecular formula is C13H13NO2. The van der Waals surface area contributed by atoms with E-state index in [9.17, 15) is 0 Å². The second-order valence-electron chi connectivity index (χ2n) is 3.47. The second kappa shape index (κ2) is 5.45. The van der Waals surface area contributed by atoms with Crippen LogP contribution in [0.25, 0.3) is 6.08 Å². The summed E-state index contributed by atoms with van der Waals surface area (Å²) in [4.78, 5) is 0. The number of nitriles is 1. The lowest BCUT2D eigenvalue weighted by Gasteiger charge is -2.12. The zero-order valence-corrected chi connectivity index (χ0v) is 8.93. The first kappa shape index (κ1) is 10.9. The molecule has 1 aromatic carbocycles. The molecule has 0 atom stereocenters. The summed E-state index contributed by atoms with van der Waals surface area (Å²) in [5, 5.41) is 8.47. The van der Waals surface area contributed by atoms with Crippen LogP contribution in [0.3, 0.4) is 0 Å². The highest BCUT2D eigenvalue weighted by atomic mass is 16.7. The van der Waals surface area contributed by atoms with Gasteiger partial charge in [0.1, 0.15) is 0 Å². The molecule has 0 saturated carbocycles. The summed E-state index contributed by atoms with van der Waals surface area (Å²) in [6.07, 6.45) is 3.93. The van der Waals surface area contributed by atoms with E-state index in [2.05, 4.69) is 6.07 Å². The fourth-order valence-corrected chi connectivity index (χ4v) is 1.65. The summed E-state index contributed by atoms with van der Waals surface area (Å²) in [6.45, 7) is 1.28. The predicted octanol–water partition coefficient (Wildman–Crippen LogP) is 2.66. The molecule has 0 aromatic heterocycles. The highest BCUT2D eigenvalue weighted by Crippen LogP contribution is 2.26. The van der Waals surface area contributed by atoms with E-state index < -0.39 is 0 Å². The van der Waals surface area contributed by atoms with Gasteiger partial charge in [0.2, 0.25) is 0 Å². The minimum absolute atomic E-state index is 0.261. The van der Waals surface area contributed by atoms with E-state index in [1.54, 1.807) is 0 Å². The summed E-state index contributed by atoms with van der Waals surface area (Å²) >= 11 is 0. The Morgan fingerprint density at radius 3 is 2.81 bits per heavy atom. The number of rotatable bonds is 3. The van der Waals surface area contributed by atoms with Gasteiger partial charge in [-0.3, -0.25) is 0 Å². The first-order valence-corrected chi connectivity index (χ1v) is 5.27. The Kier molecular flexibility index (Phi) is 3.71. The highest BCUT2D eigenvalue weighted by molar-refractivity contribution is 5.54. The van der Waals surface area contributed by atoms with Gasteiger partial charge >= 0.3 is 0 Å². The molecule has 1 aliphatic rings. The Hall–Kier alpha value is -1.63. The van der Waals surface area contributed by atoms with Gasteiger partial charge in [-0.2, -0.15) is 5.26 Å². The molecule has 0 aliphatic carbocycles. The van der Waals surface area contributed by atoms with Crippen LogP contribution in [0, 0.1) is 11.3 Å². The Bertz CT molecular complexity index is 414. The van der Waals surface area contributed by atoms with Gasteiger partial charge in [0.15, 0.2) is 6.29 Å². The van der Waals surface area contributed by atoms with Gasteiger partial charge in [0.25, 0.3) is 0 Å². The van der Waals surface area contributed by atoms with Crippen LogP contribution in [0.2, 0.25) is 0 Å². The molecule has 0 amide bonds. The maximum Gasteiger partial charge on any atom is 0.184 e. The van der Waals surface area contributed by atoms with E-state index in [0.29, 0.717) is 19.6 Å². The van der Waals surface area contributed by atoms with E-state index in [4.69, 9.17) is 14.7 Å². The van der Waals surface area contributed by atoms with Crippen LogP contribution in [0.4, 0.5) is 0 Å². The first-order valence-electron chi connectivity index (χ1n) is 5.27. The van der Waals surface area contributed by atoms with Gasteiger partial charge in [0.05, 0.1) is 25.7 Å². The number of hydrogen-bond acceptors (Lipinski definition) is 3. The zero-order chi connectivity index (χ0) is 11.2.